The molecule has 1 aliphatic heterocycles. The highest BCUT2D eigenvalue weighted by Crippen LogP contribution is 2.37. The highest BCUT2D eigenvalue weighted by molar-refractivity contribution is 6.30. The number of carbonyl (C=O) groups excluding carboxylic acids is 1. The zero-order valence-corrected chi connectivity index (χ0v) is 22.3. The van der Waals surface area contributed by atoms with E-state index in [-0.39, 0.29) is 24.2 Å². The summed E-state index contributed by atoms with van der Waals surface area (Å²) in [6.07, 6.45) is 9.52. The van der Waals surface area contributed by atoms with Crippen LogP contribution in [0.2, 0.25) is 5.02 Å². The second kappa shape index (κ2) is 10.7. The first-order valence-electron chi connectivity index (χ1n) is 13.1. The number of hydrogen-bond donors (Lipinski definition) is 2. The summed E-state index contributed by atoms with van der Waals surface area (Å²) in [5.74, 6) is 3.02. The maximum Gasteiger partial charge on any atom is 0.439 e. The molecule has 1 aromatic carbocycles. The van der Waals surface area contributed by atoms with E-state index in [0.29, 0.717) is 53.4 Å². The normalized spacial score (nSPS) is 21.4. The summed E-state index contributed by atoms with van der Waals surface area (Å²) >= 11 is 6.38. The minimum absolute atomic E-state index is 0.0697. The Morgan fingerprint density at radius 1 is 1.23 bits per heavy atom. The number of nitrogens with one attached hydrogen (secondary N) is 1. The fourth-order valence-electron chi connectivity index (χ4n) is 5.53. The SMILES string of the molecule is C#CC1CCC(Cn2c(N3CCOC[C@H]3C(N)=O)nc3nc(-c4noc(=O)[nH]4)nc(-c4cccc(Cl)c4)c32)CC1. The zero-order valence-electron chi connectivity index (χ0n) is 21.5. The standard InChI is InChI=1S/C27H27ClN8O4/c1-2-15-6-8-16(9-7-15)13-36-21-20(17-4-3-5-18(28)12-17)30-24(25-33-27(38)40-34-25)31-23(21)32-26(36)35-10-11-39-14-19(35)22(29)37/h1,3-5,12,15-16,19H,6-11,13-14H2,(H2,29,37)(H,33,34,38)/t15?,16?,19-/m0/s1. The van der Waals surface area contributed by atoms with Crippen molar-refractivity contribution in [1.29, 1.82) is 0 Å². The Bertz CT molecular complexity index is 1660. The van der Waals surface area contributed by atoms with Crippen LogP contribution in [-0.2, 0) is 16.1 Å². The number of benzene rings is 1. The molecule has 0 unspecified atom stereocenters. The van der Waals surface area contributed by atoms with Crippen LogP contribution in [0, 0.1) is 24.2 Å². The topological polar surface area (TPSA) is 158 Å². The third-order valence-electron chi connectivity index (χ3n) is 7.57. The summed E-state index contributed by atoms with van der Waals surface area (Å²) in [6, 6.07) is 6.60. The maximum atomic E-state index is 12.4. The maximum absolute atomic E-state index is 12.4. The second-order valence-corrected chi connectivity index (χ2v) is 10.6. The van der Waals surface area contributed by atoms with E-state index in [1.807, 2.05) is 17.0 Å². The molecule has 13 heteroatoms. The molecular weight excluding hydrogens is 536 g/mol. The molecular formula is C27H27ClN8O4. The van der Waals surface area contributed by atoms with Gasteiger partial charge in [0.15, 0.2) is 5.65 Å². The highest BCUT2D eigenvalue weighted by atomic mass is 35.5. The Kier molecular flexibility index (Phi) is 7.00. The van der Waals surface area contributed by atoms with E-state index >= 15 is 0 Å². The summed E-state index contributed by atoms with van der Waals surface area (Å²) in [5.41, 5.74) is 8.09. The Morgan fingerprint density at radius 3 is 2.75 bits per heavy atom. The molecule has 6 rings (SSSR count). The van der Waals surface area contributed by atoms with Crippen LogP contribution in [-0.4, -0.2) is 61.4 Å². The van der Waals surface area contributed by atoms with Crippen LogP contribution in [0.4, 0.5) is 5.95 Å². The number of anilines is 1. The Morgan fingerprint density at radius 2 is 2.05 bits per heavy atom. The molecule has 1 saturated heterocycles. The number of aromatic amines is 1. The van der Waals surface area contributed by atoms with Crippen LogP contribution in [0.5, 0.6) is 0 Å². The quantitative estimate of drug-likeness (QED) is 0.337. The molecule has 40 heavy (non-hydrogen) atoms. The van der Waals surface area contributed by atoms with Gasteiger partial charge >= 0.3 is 5.76 Å². The zero-order chi connectivity index (χ0) is 27.8. The molecule has 2 fully saturated rings. The first-order valence-corrected chi connectivity index (χ1v) is 13.5. The molecule has 0 bridgehead atoms. The molecule has 1 saturated carbocycles. The fraction of sp³-hybridized carbons (Fsp3) is 0.407. The predicted molar refractivity (Wildman–Crippen MR) is 147 cm³/mol. The lowest BCUT2D eigenvalue weighted by Crippen LogP contribution is -2.53. The number of aromatic nitrogens is 6. The molecule has 2 aliphatic rings. The lowest BCUT2D eigenvalue weighted by atomic mass is 9.82. The molecule has 4 heterocycles. The summed E-state index contributed by atoms with van der Waals surface area (Å²) in [4.78, 5) is 42.9. The minimum atomic E-state index is -0.727. The van der Waals surface area contributed by atoms with Gasteiger partial charge in [0, 0.05) is 29.6 Å². The van der Waals surface area contributed by atoms with E-state index in [9.17, 15) is 9.59 Å². The Hall–Kier alpha value is -4.21. The smallest absolute Gasteiger partial charge is 0.377 e. The molecule has 12 nitrogen and oxygen atoms in total. The van der Waals surface area contributed by atoms with E-state index < -0.39 is 17.7 Å². The number of morpholine rings is 1. The van der Waals surface area contributed by atoms with Gasteiger partial charge in [-0.05, 0) is 43.7 Å². The van der Waals surface area contributed by atoms with Gasteiger partial charge in [-0.1, -0.05) is 28.9 Å². The van der Waals surface area contributed by atoms with Crippen LogP contribution in [0.25, 0.3) is 34.1 Å². The molecule has 0 radical (unpaired) electrons. The molecule has 1 atom stereocenters. The minimum Gasteiger partial charge on any atom is -0.377 e. The van der Waals surface area contributed by atoms with Crippen molar-refractivity contribution in [2.24, 2.45) is 17.6 Å². The van der Waals surface area contributed by atoms with Gasteiger partial charge in [0.1, 0.15) is 17.3 Å². The third-order valence-corrected chi connectivity index (χ3v) is 7.81. The fourth-order valence-corrected chi connectivity index (χ4v) is 5.72. The van der Waals surface area contributed by atoms with Gasteiger partial charge in [-0.15, -0.1) is 12.3 Å². The summed E-state index contributed by atoms with van der Waals surface area (Å²) in [7, 11) is 0. The van der Waals surface area contributed by atoms with Gasteiger partial charge in [0.05, 0.1) is 13.2 Å². The largest absolute Gasteiger partial charge is 0.439 e. The molecule has 0 spiro atoms. The third kappa shape index (κ3) is 4.94. The summed E-state index contributed by atoms with van der Waals surface area (Å²) in [5, 5.41) is 4.30. The van der Waals surface area contributed by atoms with Crippen LogP contribution >= 0.6 is 11.6 Å². The number of primary amides is 1. The van der Waals surface area contributed by atoms with E-state index in [2.05, 4.69) is 25.6 Å². The van der Waals surface area contributed by atoms with Crippen LogP contribution in [0.3, 0.4) is 0 Å². The number of hydrogen-bond acceptors (Lipinski definition) is 9. The number of terminal acetylenes is 1. The number of nitrogens with zero attached hydrogens (tertiary/aromatic N) is 6. The molecule has 1 aliphatic carbocycles. The summed E-state index contributed by atoms with van der Waals surface area (Å²) in [6.45, 7) is 1.61. The lowest BCUT2D eigenvalue weighted by Gasteiger charge is -2.35. The van der Waals surface area contributed by atoms with Crippen molar-refractivity contribution in [3.05, 3.63) is 39.8 Å². The molecule has 3 N–H and O–H groups in total. The first-order chi connectivity index (χ1) is 19.4. The van der Waals surface area contributed by atoms with Gasteiger partial charge in [0.25, 0.3) is 0 Å². The van der Waals surface area contributed by atoms with Crippen molar-refractivity contribution in [3.63, 3.8) is 0 Å². The van der Waals surface area contributed by atoms with Crippen LogP contribution < -0.4 is 16.4 Å². The van der Waals surface area contributed by atoms with Crippen molar-refractivity contribution in [1.82, 2.24) is 29.7 Å². The van der Waals surface area contributed by atoms with Crippen molar-refractivity contribution < 1.29 is 14.1 Å². The van der Waals surface area contributed by atoms with Gasteiger partial charge in [-0.3, -0.25) is 14.3 Å². The predicted octanol–water partition coefficient (Wildman–Crippen LogP) is 2.62. The number of carbonyl (C=O) groups is 1. The number of ether oxygens (including phenoxy) is 1. The lowest BCUT2D eigenvalue weighted by molar-refractivity contribution is -0.121. The Balaban J connectivity index is 1.57. The van der Waals surface area contributed by atoms with Crippen molar-refractivity contribution in [2.45, 2.75) is 38.3 Å². The molecule has 3 aromatic heterocycles. The number of amides is 1. The highest BCUT2D eigenvalue weighted by Gasteiger charge is 2.34. The van der Waals surface area contributed by atoms with Crippen molar-refractivity contribution in [2.75, 3.05) is 24.7 Å². The van der Waals surface area contributed by atoms with E-state index in [4.69, 9.17) is 43.0 Å². The average Bonchev–Trinajstić information content (AvgIpc) is 3.56. The number of imidazole rings is 1. The summed E-state index contributed by atoms with van der Waals surface area (Å²) < 4.78 is 12.4. The molecule has 206 valence electrons. The number of rotatable bonds is 6. The van der Waals surface area contributed by atoms with Crippen molar-refractivity contribution >= 4 is 34.6 Å². The number of halogens is 1. The number of H-pyrrole nitrogens is 1. The van der Waals surface area contributed by atoms with Gasteiger partial charge in [-0.2, -0.15) is 4.98 Å². The van der Waals surface area contributed by atoms with E-state index in [0.717, 1.165) is 31.2 Å². The second-order valence-electron chi connectivity index (χ2n) is 10.1. The van der Waals surface area contributed by atoms with E-state index in [1.165, 1.54) is 0 Å². The monoisotopic (exact) mass is 562 g/mol. The van der Waals surface area contributed by atoms with Crippen molar-refractivity contribution in [3.8, 4) is 35.2 Å². The van der Waals surface area contributed by atoms with Gasteiger partial charge < -0.3 is 19.9 Å². The van der Waals surface area contributed by atoms with Crippen LogP contribution in [0.15, 0.2) is 33.6 Å². The van der Waals surface area contributed by atoms with Gasteiger partial charge in [0.2, 0.25) is 23.5 Å². The average molecular weight is 563 g/mol. The van der Waals surface area contributed by atoms with E-state index in [1.54, 1.807) is 12.1 Å². The molecule has 4 aromatic rings. The molecule has 1 amide bonds. The van der Waals surface area contributed by atoms with Crippen LogP contribution in [0.1, 0.15) is 25.7 Å². The first kappa shape index (κ1) is 26.0. The number of nitrogens with two attached hydrogens (primary N) is 1. The Labute approximate surface area is 233 Å². The number of fused-ring (bicyclic) bond motifs is 1. The van der Waals surface area contributed by atoms with Gasteiger partial charge in [-0.25, -0.2) is 14.8 Å².